The molecule has 1 atom stereocenters. The maximum Gasteiger partial charge on any atom is 0.221 e. The van der Waals surface area contributed by atoms with E-state index in [1.54, 1.807) is 6.20 Å². The Balaban J connectivity index is 1.56. The zero-order chi connectivity index (χ0) is 18.6. The van der Waals surface area contributed by atoms with Gasteiger partial charge in [0, 0.05) is 37.7 Å². The number of piperidine rings is 1. The van der Waals surface area contributed by atoms with Crippen molar-refractivity contribution in [2.75, 3.05) is 23.3 Å². The molecule has 0 spiro atoms. The molecule has 7 nitrogen and oxygen atoms in total. The monoisotopic (exact) mass is 362 g/mol. The second kappa shape index (κ2) is 7.57. The van der Waals surface area contributed by atoms with Gasteiger partial charge in [0.2, 0.25) is 5.91 Å². The number of rotatable bonds is 4. The van der Waals surface area contributed by atoms with E-state index < -0.39 is 0 Å². The van der Waals surface area contributed by atoms with Gasteiger partial charge in [-0.15, -0.1) is 0 Å². The third-order valence-electron chi connectivity index (χ3n) is 4.81. The number of benzene rings is 1. The van der Waals surface area contributed by atoms with Gasteiger partial charge >= 0.3 is 0 Å². The Morgan fingerprint density at radius 2 is 2.11 bits per heavy atom. The lowest BCUT2D eigenvalue weighted by atomic mass is 9.94. The van der Waals surface area contributed by atoms with Crippen molar-refractivity contribution in [2.24, 2.45) is 0 Å². The van der Waals surface area contributed by atoms with E-state index in [0.717, 1.165) is 54.5 Å². The van der Waals surface area contributed by atoms with E-state index in [1.165, 1.54) is 6.92 Å². The van der Waals surface area contributed by atoms with Crippen LogP contribution in [-0.4, -0.2) is 39.2 Å². The molecule has 27 heavy (non-hydrogen) atoms. The Kier molecular flexibility index (Phi) is 4.82. The second-order valence-electron chi connectivity index (χ2n) is 6.77. The lowest BCUT2D eigenvalue weighted by Crippen LogP contribution is -2.35. The van der Waals surface area contributed by atoms with Crippen LogP contribution in [0, 0.1) is 0 Å². The van der Waals surface area contributed by atoms with Crippen LogP contribution < -0.4 is 10.2 Å². The minimum absolute atomic E-state index is 0.0892. The number of amides is 1. The molecule has 0 bridgehead atoms. The van der Waals surface area contributed by atoms with E-state index in [0.29, 0.717) is 0 Å². The molecule has 0 aliphatic carbocycles. The lowest BCUT2D eigenvalue weighted by Gasteiger charge is -2.33. The minimum Gasteiger partial charge on any atom is -0.356 e. The number of carbonyl (C=O) groups is 1. The molecule has 1 fully saturated rings. The Bertz CT molecular complexity index is 923. The Morgan fingerprint density at radius 3 is 2.93 bits per heavy atom. The molecule has 0 unspecified atom stereocenters. The number of hydrogen-bond donors (Lipinski definition) is 2. The van der Waals surface area contributed by atoms with Crippen molar-refractivity contribution in [2.45, 2.75) is 25.7 Å². The average molecular weight is 362 g/mol. The summed E-state index contributed by atoms with van der Waals surface area (Å²) in [7, 11) is 0. The van der Waals surface area contributed by atoms with Crippen molar-refractivity contribution in [3.05, 3.63) is 54.5 Å². The molecule has 3 heterocycles. The second-order valence-corrected chi connectivity index (χ2v) is 6.77. The van der Waals surface area contributed by atoms with Gasteiger partial charge in [-0.25, -0.2) is 9.97 Å². The highest BCUT2D eigenvalue weighted by molar-refractivity contribution is 5.89. The molecule has 1 amide bonds. The standard InChI is InChI=1S/C20H22N6O/c1-14(27)23-17-12-22-25-19(17)16-8-5-11-26(13-16)18-9-10-21-20(24-18)15-6-3-2-4-7-15/h2-4,6-7,9-10,12,16H,5,8,11,13H2,1H3,(H,22,25)(H,23,27)/t16-/m1/s1. The quantitative estimate of drug-likeness (QED) is 0.744. The van der Waals surface area contributed by atoms with Gasteiger partial charge in [-0.3, -0.25) is 9.89 Å². The summed E-state index contributed by atoms with van der Waals surface area (Å²) < 4.78 is 0. The van der Waals surface area contributed by atoms with Crippen LogP contribution in [-0.2, 0) is 4.79 Å². The van der Waals surface area contributed by atoms with Gasteiger partial charge in [-0.2, -0.15) is 5.10 Å². The fourth-order valence-corrected chi connectivity index (χ4v) is 3.57. The van der Waals surface area contributed by atoms with E-state index in [4.69, 9.17) is 4.98 Å². The smallest absolute Gasteiger partial charge is 0.221 e. The summed E-state index contributed by atoms with van der Waals surface area (Å²) in [5, 5.41) is 10.0. The number of nitrogens with one attached hydrogen (secondary N) is 2. The zero-order valence-electron chi connectivity index (χ0n) is 15.2. The number of anilines is 2. The van der Waals surface area contributed by atoms with Gasteiger partial charge in [0.25, 0.3) is 0 Å². The maximum absolute atomic E-state index is 11.4. The normalized spacial score (nSPS) is 16.9. The first kappa shape index (κ1) is 17.2. The molecule has 2 aromatic heterocycles. The molecule has 2 N–H and O–H groups in total. The van der Waals surface area contributed by atoms with Crippen LogP contribution in [0.5, 0.6) is 0 Å². The Morgan fingerprint density at radius 1 is 1.26 bits per heavy atom. The summed E-state index contributed by atoms with van der Waals surface area (Å²) in [6, 6.07) is 12.0. The number of H-pyrrole nitrogens is 1. The number of nitrogens with zero attached hydrogens (tertiary/aromatic N) is 4. The Labute approximate surface area is 157 Å². The van der Waals surface area contributed by atoms with Crippen molar-refractivity contribution >= 4 is 17.4 Å². The third-order valence-corrected chi connectivity index (χ3v) is 4.81. The average Bonchev–Trinajstić information content (AvgIpc) is 3.16. The number of aromatic nitrogens is 4. The first-order chi connectivity index (χ1) is 13.2. The molecular weight excluding hydrogens is 340 g/mol. The van der Waals surface area contributed by atoms with E-state index in [-0.39, 0.29) is 11.8 Å². The minimum atomic E-state index is -0.0892. The molecule has 1 aromatic carbocycles. The van der Waals surface area contributed by atoms with E-state index in [1.807, 2.05) is 42.6 Å². The number of aromatic amines is 1. The van der Waals surface area contributed by atoms with Crippen molar-refractivity contribution in [3.8, 4) is 11.4 Å². The highest BCUT2D eigenvalue weighted by Gasteiger charge is 2.26. The summed E-state index contributed by atoms with van der Waals surface area (Å²) in [5.41, 5.74) is 2.75. The molecule has 138 valence electrons. The van der Waals surface area contributed by atoms with Gasteiger partial charge in [0.1, 0.15) is 5.82 Å². The van der Waals surface area contributed by atoms with Gasteiger partial charge in [0.05, 0.1) is 17.6 Å². The van der Waals surface area contributed by atoms with Crippen LogP contribution in [0.4, 0.5) is 11.5 Å². The summed E-state index contributed by atoms with van der Waals surface area (Å²) in [6.07, 6.45) is 5.58. The van der Waals surface area contributed by atoms with Crippen LogP contribution >= 0.6 is 0 Å². The van der Waals surface area contributed by atoms with E-state index >= 15 is 0 Å². The molecule has 1 saturated heterocycles. The summed E-state index contributed by atoms with van der Waals surface area (Å²) >= 11 is 0. The summed E-state index contributed by atoms with van der Waals surface area (Å²) in [4.78, 5) is 22.9. The van der Waals surface area contributed by atoms with Crippen LogP contribution in [0.2, 0.25) is 0 Å². The van der Waals surface area contributed by atoms with Crippen molar-refractivity contribution < 1.29 is 4.79 Å². The molecule has 7 heteroatoms. The molecular formula is C20H22N6O. The lowest BCUT2D eigenvalue weighted by molar-refractivity contribution is -0.114. The predicted molar refractivity (Wildman–Crippen MR) is 105 cm³/mol. The Hall–Kier alpha value is -3.22. The van der Waals surface area contributed by atoms with Crippen molar-refractivity contribution in [1.82, 2.24) is 20.2 Å². The molecule has 0 radical (unpaired) electrons. The summed E-state index contributed by atoms with van der Waals surface area (Å²) in [6.45, 7) is 3.28. The maximum atomic E-state index is 11.4. The molecule has 1 aliphatic rings. The largest absolute Gasteiger partial charge is 0.356 e. The zero-order valence-corrected chi connectivity index (χ0v) is 15.2. The van der Waals surface area contributed by atoms with Crippen LogP contribution in [0.3, 0.4) is 0 Å². The number of carbonyl (C=O) groups excluding carboxylic acids is 1. The molecule has 0 saturated carbocycles. The highest BCUT2D eigenvalue weighted by atomic mass is 16.1. The van der Waals surface area contributed by atoms with Crippen LogP contribution in [0.15, 0.2) is 48.8 Å². The van der Waals surface area contributed by atoms with Gasteiger partial charge in [-0.1, -0.05) is 30.3 Å². The molecule has 1 aliphatic heterocycles. The first-order valence-corrected chi connectivity index (χ1v) is 9.15. The fourth-order valence-electron chi connectivity index (χ4n) is 3.57. The van der Waals surface area contributed by atoms with Crippen molar-refractivity contribution in [1.29, 1.82) is 0 Å². The predicted octanol–water partition coefficient (Wildman–Crippen LogP) is 3.21. The van der Waals surface area contributed by atoms with E-state index in [9.17, 15) is 4.79 Å². The number of hydrogen-bond acceptors (Lipinski definition) is 5. The molecule has 3 aromatic rings. The molecule has 4 rings (SSSR count). The van der Waals surface area contributed by atoms with Crippen molar-refractivity contribution in [3.63, 3.8) is 0 Å². The fraction of sp³-hybridized carbons (Fsp3) is 0.300. The highest BCUT2D eigenvalue weighted by Crippen LogP contribution is 2.32. The van der Waals surface area contributed by atoms with Gasteiger partial charge < -0.3 is 10.2 Å². The summed E-state index contributed by atoms with van der Waals surface area (Å²) in [5.74, 6) is 1.83. The van der Waals surface area contributed by atoms with Crippen LogP contribution in [0.1, 0.15) is 31.4 Å². The van der Waals surface area contributed by atoms with E-state index in [2.05, 4.69) is 25.4 Å². The van der Waals surface area contributed by atoms with Gasteiger partial charge in [0.15, 0.2) is 5.82 Å². The third kappa shape index (κ3) is 3.81. The van der Waals surface area contributed by atoms with Gasteiger partial charge in [-0.05, 0) is 18.9 Å². The first-order valence-electron chi connectivity index (χ1n) is 9.15. The SMILES string of the molecule is CC(=O)Nc1cn[nH]c1[C@@H]1CCCN(c2ccnc(-c3ccccc3)n2)C1. The van der Waals surface area contributed by atoms with Crippen LogP contribution in [0.25, 0.3) is 11.4 Å². The topological polar surface area (TPSA) is 86.8 Å².